The molecule has 1 aromatic rings. The van der Waals surface area contributed by atoms with Crippen molar-refractivity contribution in [3.63, 3.8) is 0 Å². The average molecular weight is 304 g/mol. The average Bonchev–Trinajstić information content (AvgIpc) is 2.76. The second-order valence-corrected chi connectivity index (χ2v) is 6.66. The zero-order chi connectivity index (χ0) is 14.7. The second kappa shape index (κ2) is 6.52. The molecule has 0 spiro atoms. The lowest BCUT2D eigenvalue weighted by Gasteiger charge is -2.21. The van der Waals surface area contributed by atoms with Crippen LogP contribution in [0.25, 0.3) is 0 Å². The zero-order valence-electron chi connectivity index (χ0n) is 12.1. The number of hydrogen-bond acceptors (Lipinski definition) is 3. The Hall–Kier alpha value is -1.49. The molecule has 0 aliphatic carbocycles. The normalized spacial score (nSPS) is 18.7. The number of fused-ring (bicyclic) bond motifs is 1. The summed E-state index contributed by atoms with van der Waals surface area (Å²) in [6.07, 6.45) is 5.11. The summed E-state index contributed by atoms with van der Waals surface area (Å²) in [4.78, 5) is 26.9. The predicted octanol–water partition coefficient (Wildman–Crippen LogP) is 2.68. The molecule has 2 aliphatic heterocycles. The molecule has 2 heterocycles. The molecule has 1 saturated heterocycles. The largest absolute Gasteiger partial charge is 0.342 e. The third-order valence-corrected chi connectivity index (χ3v) is 5.06. The highest BCUT2D eigenvalue weighted by Gasteiger charge is 2.18. The van der Waals surface area contributed by atoms with Crippen molar-refractivity contribution in [2.24, 2.45) is 0 Å². The van der Waals surface area contributed by atoms with Gasteiger partial charge < -0.3 is 10.2 Å². The van der Waals surface area contributed by atoms with Crippen LogP contribution in [0, 0.1) is 0 Å². The van der Waals surface area contributed by atoms with Gasteiger partial charge in [0.1, 0.15) is 0 Å². The summed E-state index contributed by atoms with van der Waals surface area (Å²) in [7, 11) is 0. The second-order valence-electron chi connectivity index (χ2n) is 5.64. The summed E-state index contributed by atoms with van der Waals surface area (Å²) >= 11 is 1.55. The van der Waals surface area contributed by atoms with Crippen molar-refractivity contribution in [1.29, 1.82) is 0 Å². The molecule has 0 bridgehead atoms. The van der Waals surface area contributed by atoms with E-state index in [2.05, 4.69) is 5.32 Å². The Morgan fingerprint density at radius 2 is 1.95 bits per heavy atom. The predicted molar refractivity (Wildman–Crippen MR) is 84.5 cm³/mol. The van der Waals surface area contributed by atoms with Crippen molar-refractivity contribution in [1.82, 2.24) is 4.90 Å². The number of benzene rings is 1. The van der Waals surface area contributed by atoms with Crippen LogP contribution in [0.1, 0.15) is 31.2 Å². The molecule has 1 aromatic carbocycles. The lowest BCUT2D eigenvalue weighted by molar-refractivity contribution is -0.130. The first-order valence-corrected chi connectivity index (χ1v) is 8.54. The summed E-state index contributed by atoms with van der Waals surface area (Å²) in [5, 5.41) is 2.88. The van der Waals surface area contributed by atoms with E-state index in [4.69, 9.17) is 0 Å². The summed E-state index contributed by atoms with van der Waals surface area (Å²) < 4.78 is 0. The molecule has 21 heavy (non-hydrogen) atoms. The van der Waals surface area contributed by atoms with Crippen LogP contribution in [0.3, 0.4) is 0 Å². The smallest absolute Gasteiger partial charge is 0.234 e. The maximum absolute atomic E-state index is 12.4. The summed E-state index contributed by atoms with van der Waals surface area (Å²) in [6, 6.07) is 5.94. The van der Waals surface area contributed by atoms with Crippen LogP contribution in [0.4, 0.5) is 5.69 Å². The maximum atomic E-state index is 12.4. The van der Waals surface area contributed by atoms with Gasteiger partial charge in [0, 0.05) is 18.0 Å². The molecular weight excluding hydrogens is 284 g/mol. The molecule has 1 fully saturated rings. The lowest BCUT2D eigenvalue weighted by atomic mass is 10.1. The molecule has 0 saturated carbocycles. The number of carbonyl (C=O) groups is 2. The zero-order valence-corrected chi connectivity index (χ0v) is 12.9. The van der Waals surface area contributed by atoms with Crippen LogP contribution >= 0.6 is 11.8 Å². The Morgan fingerprint density at radius 1 is 1.19 bits per heavy atom. The van der Waals surface area contributed by atoms with Crippen LogP contribution in [0.15, 0.2) is 23.1 Å². The fraction of sp³-hybridized carbons (Fsp3) is 0.500. The number of likely N-dealkylation sites (tertiary alicyclic amines) is 1. The molecule has 2 amide bonds. The van der Waals surface area contributed by atoms with Crippen molar-refractivity contribution in [3.8, 4) is 0 Å². The van der Waals surface area contributed by atoms with Gasteiger partial charge in [0.2, 0.25) is 11.8 Å². The van der Waals surface area contributed by atoms with Crippen molar-refractivity contribution in [3.05, 3.63) is 23.8 Å². The topological polar surface area (TPSA) is 49.4 Å². The van der Waals surface area contributed by atoms with Crippen LogP contribution in [-0.4, -0.2) is 35.6 Å². The Bertz CT molecular complexity index is 551. The SMILES string of the molecule is O=C1CSc2ccc(CC(=O)N3CCCCCC3)cc2N1. The molecule has 0 radical (unpaired) electrons. The number of amides is 2. The van der Waals surface area contributed by atoms with Gasteiger partial charge in [-0.25, -0.2) is 0 Å². The minimum Gasteiger partial charge on any atom is -0.342 e. The number of nitrogens with zero attached hydrogens (tertiary/aromatic N) is 1. The van der Waals surface area contributed by atoms with Crippen LogP contribution in [0.5, 0.6) is 0 Å². The van der Waals surface area contributed by atoms with Gasteiger partial charge in [-0.3, -0.25) is 9.59 Å². The molecular formula is C16H20N2O2S. The first-order valence-electron chi connectivity index (χ1n) is 7.56. The number of anilines is 1. The van der Waals surface area contributed by atoms with E-state index in [0.29, 0.717) is 12.2 Å². The standard InChI is InChI=1S/C16H20N2O2S/c19-15-11-21-14-6-5-12(9-13(14)17-15)10-16(20)18-7-3-1-2-4-8-18/h5-6,9H,1-4,7-8,10-11H2,(H,17,19). The number of rotatable bonds is 2. The molecule has 0 atom stereocenters. The van der Waals surface area contributed by atoms with E-state index in [1.807, 2.05) is 23.1 Å². The van der Waals surface area contributed by atoms with E-state index >= 15 is 0 Å². The quantitative estimate of drug-likeness (QED) is 0.914. The van der Waals surface area contributed by atoms with Crippen molar-refractivity contribution in [2.75, 3.05) is 24.2 Å². The molecule has 5 heteroatoms. The summed E-state index contributed by atoms with van der Waals surface area (Å²) in [6.45, 7) is 1.77. The van der Waals surface area contributed by atoms with Crippen molar-refractivity contribution >= 4 is 29.3 Å². The van der Waals surface area contributed by atoms with Gasteiger partial charge in [0.05, 0.1) is 17.9 Å². The fourth-order valence-corrected chi connectivity index (χ4v) is 3.64. The Labute approximate surface area is 129 Å². The van der Waals surface area contributed by atoms with E-state index in [-0.39, 0.29) is 11.8 Å². The Kier molecular flexibility index (Phi) is 4.48. The van der Waals surface area contributed by atoms with E-state index in [9.17, 15) is 9.59 Å². The van der Waals surface area contributed by atoms with E-state index in [1.165, 1.54) is 12.8 Å². The molecule has 0 aromatic heterocycles. The fourth-order valence-electron chi connectivity index (χ4n) is 2.85. The van der Waals surface area contributed by atoms with E-state index in [0.717, 1.165) is 42.1 Å². The highest BCUT2D eigenvalue weighted by Crippen LogP contribution is 2.32. The van der Waals surface area contributed by atoms with E-state index in [1.54, 1.807) is 11.8 Å². The van der Waals surface area contributed by atoms with Gasteiger partial charge in [-0.2, -0.15) is 0 Å². The molecule has 2 aliphatic rings. The van der Waals surface area contributed by atoms with Gasteiger partial charge in [-0.1, -0.05) is 18.9 Å². The summed E-state index contributed by atoms with van der Waals surface area (Å²) in [5.74, 6) is 0.703. The highest BCUT2D eigenvalue weighted by atomic mass is 32.2. The third-order valence-electron chi connectivity index (χ3n) is 3.99. The molecule has 4 nitrogen and oxygen atoms in total. The highest BCUT2D eigenvalue weighted by molar-refractivity contribution is 8.00. The van der Waals surface area contributed by atoms with Gasteiger partial charge in [0.25, 0.3) is 0 Å². The molecule has 0 unspecified atom stereocenters. The van der Waals surface area contributed by atoms with Gasteiger partial charge >= 0.3 is 0 Å². The minimum absolute atomic E-state index is 0.0310. The first-order chi connectivity index (χ1) is 10.2. The van der Waals surface area contributed by atoms with Gasteiger partial charge in [0.15, 0.2) is 0 Å². The monoisotopic (exact) mass is 304 g/mol. The minimum atomic E-state index is 0.0310. The number of thioether (sulfide) groups is 1. The van der Waals surface area contributed by atoms with Crippen LogP contribution in [0.2, 0.25) is 0 Å². The van der Waals surface area contributed by atoms with Crippen LogP contribution < -0.4 is 5.32 Å². The van der Waals surface area contributed by atoms with Crippen LogP contribution in [-0.2, 0) is 16.0 Å². The molecule has 112 valence electrons. The van der Waals surface area contributed by atoms with E-state index < -0.39 is 0 Å². The van der Waals surface area contributed by atoms with Crippen molar-refractivity contribution < 1.29 is 9.59 Å². The third kappa shape index (κ3) is 3.59. The Morgan fingerprint density at radius 3 is 2.71 bits per heavy atom. The number of hydrogen-bond donors (Lipinski definition) is 1. The maximum Gasteiger partial charge on any atom is 0.234 e. The van der Waals surface area contributed by atoms with Gasteiger partial charge in [-0.05, 0) is 30.5 Å². The Balaban J connectivity index is 1.68. The molecule has 1 N–H and O–H groups in total. The summed E-state index contributed by atoms with van der Waals surface area (Å²) in [5.41, 5.74) is 1.82. The van der Waals surface area contributed by atoms with Gasteiger partial charge in [-0.15, -0.1) is 11.8 Å². The first kappa shape index (κ1) is 14.4. The molecule has 3 rings (SSSR count). The lowest BCUT2D eigenvalue weighted by Crippen LogP contribution is -2.33. The number of carbonyl (C=O) groups excluding carboxylic acids is 2. The number of nitrogens with one attached hydrogen (secondary N) is 1. The van der Waals surface area contributed by atoms with Crippen molar-refractivity contribution in [2.45, 2.75) is 37.0 Å².